The average molecular weight is 489 g/mol. The summed E-state index contributed by atoms with van der Waals surface area (Å²) in [4.78, 5) is 13.1. The maximum absolute atomic E-state index is 13.1. The third-order valence-corrected chi connectivity index (χ3v) is 7.86. The molecule has 2 heterocycles. The molecule has 0 saturated carbocycles. The van der Waals surface area contributed by atoms with Crippen molar-refractivity contribution in [1.29, 1.82) is 0 Å². The SMILES string of the molecule is COc1cc(OC)c2c(c1)OC(CC(=O)c1ccc(Cc3cc4c(cc3C)CCCC4(C)C)o1)CC2. The highest BCUT2D eigenvalue weighted by Crippen LogP contribution is 2.40. The summed E-state index contributed by atoms with van der Waals surface area (Å²) in [5.41, 5.74) is 6.72. The van der Waals surface area contributed by atoms with E-state index < -0.39 is 0 Å². The summed E-state index contributed by atoms with van der Waals surface area (Å²) in [6.07, 6.45) is 5.92. The molecular weight excluding hydrogens is 452 g/mol. The van der Waals surface area contributed by atoms with E-state index in [2.05, 4.69) is 32.9 Å². The zero-order valence-corrected chi connectivity index (χ0v) is 22.0. The zero-order chi connectivity index (χ0) is 25.4. The van der Waals surface area contributed by atoms with Gasteiger partial charge in [-0.25, -0.2) is 0 Å². The number of fused-ring (bicyclic) bond motifs is 2. The molecular formula is C31H36O5. The van der Waals surface area contributed by atoms with Crippen LogP contribution < -0.4 is 14.2 Å². The Labute approximate surface area is 213 Å². The first-order chi connectivity index (χ1) is 17.3. The predicted molar refractivity (Wildman–Crippen MR) is 140 cm³/mol. The first-order valence-electron chi connectivity index (χ1n) is 12.9. The number of methoxy groups -OCH3 is 2. The van der Waals surface area contributed by atoms with Gasteiger partial charge in [0.1, 0.15) is 29.1 Å². The number of aryl methyl sites for hydroxylation is 2. The molecule has 0 spiro atoms. The fourth-order valence-electron chi connectivity index (χ4n) is 5.75. The van der Waals surface area contributed by atoms with Gasteiger partial charge in [-0.2, -0.15) is 0 Å². The monoisotopic (exact) mass is 488 g/mol. The lowest BCUT2D eigenvalue weighted by molar-refractivity contribution is 0.0854. The highest BCUT2D eigenvalue weighted by atomic mass is 16.5. The molecule has 36 heavy (non-hydrogen) atoms. The van der Waals surface area contributed by atoms with Gasteiger partial charge in [-0.05, 0) is 78.8 Å². The number of hydrogen-bond acceptors (Lipinski definition) is 5. The maximum atomic E-state index is 13.1. The van der Waals surface area contributed by atoms with E-state index in [1.54, 1.807) is 20.3 Å². The molecule has 0 bridgehead atoms. The number of hydrogen-bond donors (Lipinski definition) is 0. The third-order valence-electron chi connectivity index (χ3n) is 7.86. The van der Waals surface area contributed by atoms with Gasteiger partial charge in [0.2, 0.25) is 5.78 Å². The normalized spacial score (nSPS) is 18.1. The summed E-state index contributed by atoms with van der Waals surface area (Å²) in [7, 11) is 3.26. The van der Waals surface area contributed by atoms with Gasteiger partial charge in [-0.15, -0.1) is 0 Å². The molecule has 0 saturated heterocycles. The molecule has 5 heteroatoms. The molecule has 1 aliphatic heterocycles. The Bertz CT molecular complexity index is 1280. The van der Waals surface area contributed by atoms with E-state index in [0.717, 1.165) is 42.1 Å². The van der Waals surface area contributed by atoms with Crippen LogP contribution in [0, 0.1) is 6.92 Å². The Kier molecular flexibility index (Phi) is 6.59. The van der Waals surface area contributed by atoms with Crippen molar-refractivity contribution >= 4 is 5.78 Å². The molecule has 1 aromatic heterocycles. The molecule has 3 aromatic rings. The predicted octanol–water partition coefficient (Wildman–Crippen LogP) is 6.78. The van der Waals surface area contributed by atoms with Gasteiger partial charge in [-0.3, -0.25) is 4.79 Å². The molecule has 190 valence electrons. The third kappa shape index (κ3) is 4.76. The summed E-state index contributed by atoms with van der Waals surface area (Å²) in [6.45, 7) is 6.85. The highest BCUT2D eigenvalue weighted by Gasteiger charge is 2.29. The fourth-order valence-corrected chi connectivity index (χ4v) is 5.75. The van der Waals surface area contributed by atoms with E-state index in [4.69, 9.17) is 18.6 Å². The van der Waals surface area contributed by atoms with Crippen molar-refractivity contribution in [2.24, 2.45) is 0 Å². The van der Waals surface area contributed by atoms with E-state index >= 15 is 0 Å². The summed E-state index contributed by atoms with van der Waals surface area (Å²) in [5, 5.41) is 0. The van der Waals surface area contributed by atoms with Crippen LogP contribution in [0.1, 0.15) is 83.7 Å². The number of Topliss-reactive ketones (excluding diaryl/α,β-unsaturated/α-hetero) is 1. The van der Waals surface area contributed by atoms with Crippen LogP contribution >= 0.6 is 0 Å². The van der Waals surface area contributed by atoms with E-state index in [1.165, 1.54) is 35.1 Å². The Hall–Kier alpha value is -3.21. The van der Waals surface area contributed by atoms with Crippen molar-refractivity contribution in [2.45, 2.75) is 77.2 Å². The summed E-state index contributed by atoms with van der Waals surface area (Å²) in [6, 6.07) is 12.2. The van der Waals surface area contributed by atoms with Crippen molar-refractivity contribution in [2.75, 3.05) is 14.2 Å². The molecule has 0 radical (unpaired) electrons. The summed E-state index contributed by atoms with van der Waals surface area (Å²) < 4.78 is 23.1. The number of rotatable bonds is 7. The maximum Gasteiger partial charge on any atom is 0.201 e. The largest absolute Gasteiger partial charge is 0.496 e. The van der Waals surface area contributed by atoms with Gasteiger partial charge >= 0.3 is 0 Å². The second-order valence-corrected chi connectivity index (χ2v) is 10.8. The van der Waals surface area contributed by atoms with Crippen LogP contribution in [-0.4, -0.2) is 26.1 Å². The van der Waals surface area contributed by atoms with Crippen molar-refractivity contribution in [3.8, 4) is 17.2 Å². The number of ketones is 1. The summed E-state index contributed by atoms with van der Waals surface area (Å²) in [5.74, 6) is 3.34. The van der Waals surface area contributed by atoms with Crippen LogP contribution in [-0.2, 0) is 24.7 Å². The van der Waals surface area contributed by atoms with Crippen LogP contribution in [0.2, 0.25) is 0 Å². The summed E-state index contributed by atoms with van der Waals surface area (Å²) >= 11 is 0. The van der Waals surface area contributed by atoms with E-state index in [0.29, 0.717) is 17.9 Å². The van der Waals surface area contributed by atoms with Crippen molar-refractivity contribution in [3.05, 3.63) is 75.7 Å². The number of benzene rings is 2. The van der Waals surface area contributed by atoms with E-state index in [9.17, 15) is 4.79 Å². The first kappa shape index (κ1) is 24.5. The second kappa shape index (κ2) is 9.68. The van der Waals surface area contributed by atoms with Crippen LogP contribution in [0.4, 0.5) is 0 Å². The van der Waals surface area contributed by atoms with Crippen LogP contribution in [0.3, 0.4) is 0 Å². The van der Waals surface area contributed by atoms with E-state index in [1.807, 2.05) is 18.2 Å². The molecule has 0 fully saturated rings. The lowest BCUT2D eigenvalue weighted by Gasteiger charge is -2.33. The van der Waals surface area contributed by atoms with Gasteiger partial charge in [0.25, 0.3) is 0 Å². The van der Waals surface area contributed by atoms with Gasteiger partial charge in [0.15, 0.2) is 5.76 Å². The fraction of sp³-hybridized carbons (Fsp3) is 0.452. The molecule has 5 rings (SSSR count). The topological polar surface area (TPSA) is 57.9 Å². The van der Waals surface area contributed by atoms with Gasteiger partial charge in [0.05, 0.1) is 20.6 Å². The second-order valence-electron chi connectivity index (χ2n) is 10.8. The molecule has 2 aromatic carbocycles. The van der Waals surface area contributed by atoms with Gasteiger partial charge in [-0.1, -0.05) is 26.0 Å². The zero-order valence-electron chi connectivity index (χ0n) is 22.0. The number of furan rings is 1. The van der Waals surface area contributed by atoms with Gasteiger partial charge < -0.3 is 18.6 Å². The molecule has 5 nitrogen and oxygen atoms in total. The molecule has 0 amide bonds. The molecule has 1 unspecified atom stereocenters. The lowest BCUT2D eigenvalue weighted by Crippen LogP contribution is -2.26. The van der Waals surface area contributed by atoms with Crippen molar-refractivity contribution in [3.63, 3.8) is 0 Å². The molecule has 1 aliphatic carbocycles. The van der Waals surface area contributed by atoms with Crippen molar-refractivity contribution in [1.82, 2.24) is 0 Å². The highest BCUT2D eigenvalue weighted by molar-refractivity contribution is 5.93. The van der Waals surface area contributed by atoms with Crippen LogP contribution in [0.5, 0.6) is 17.2 Å². The Morgan fingerprint density at radius 3 is 2.69 bits per heavy atom. The minimum absolute atomic E-state index is 0.0344. The molecule has 2 aliphatic rings. The number of ether oxygens (including phenoxy) is 3. The van der Waals surface area contributed by atoms with Crippen molar-refractivity contribution < 1.29 is 23.4 Å². The standard InChI is InChI=1S/C31H36O5/c1-19-13-20-7-6-12-31(2,3)26(20)15-21(19)14-22-9-11-28(35-22)27(32)16-23-8-10-25-29(34-5)17-24(33-4)18-30(25)36-23/h9,11,13,15,17-18,23H,6-8,10,12,14,16H2,1-5H3. The smallest absolute Gasteiger partial charge is 0.201 e. The number of carbonyl (C=O) groups excluding carboxylic acids is 1. The van der Waals surface area contributed by atoms with Crippen LogP contribution in [0.25, 0.3) is 0 Å². The molecule has 0 N–H and O–H groups in total. The lowest BCUT2D eigenvalue weighted by atomic mass is 9.71. The molecule has 1 atom stereocenters. The van der Waals surface area contributed by atoms with E-state index in [-0.39, 0.29) is 23.7 Å². The Morgan fingerprint density at radius 2 is 1.92 bits per heavy atom. The average Bonchev–Trinajstić information content (AvgIpc) is 3.32. The number of carbonyl (C=O) groups is 1. The first-order valence-corrected chi connectivity index (χ1v) is 12.9. The Balaban J connectivity index is 1.28. The quantitative estimate of drug-likeness (QED) is 0.343. The van der Waals surface area contributed by atoms with Crippen LogP contribution in [0.15, 0.2) is 40.8 Å². The Morgan fingerprint density at radius 1 is 1.08 bits per heavy atom. The minimum atomic E-state index is -0.208. The minimum Gasteiger partial charge on any atom is -0.496 e. The van der Waals surface area contributed by atoms with Gasteiger partial charge in [0, 0.05) is 24.1 Å².